The van der Waals surface area contributed by atoms with Crippen LogP contribution in [0.5, 0.6) is 11.5 Å². The van der Waals surface area contributed by atoms with Gasteiger partial charge in [0.25, 0.3) is 0 Å². The van der Waals surface area contributed by atoms with Gasteiger partial charge in [-0.1, -0.05) is 11.6 Å². The molecular formula is C17H21ClN4O3. The Kier molecular flexibility index (Phi) is 5.33. The number of anilines is 1. The Morgan fingerprint density at radius 3 is 2.76 bits per heavy atom. The van der Waals surface area contributed by atoms with E-state index in [-0.39, 0.29) is 18.1 Å². The van der Waals surface area contributed by atoms with Gasteiger partial charge in [0.15, 0.2) is 0 Å². The number of carbonyl (C=O) groups excluding carboxylic acids is 1. The van der Waals surface area contributed by atoms with Gasteiger partial charge in [0.05, 0.1) is 43.3 Å². The van der Waals surface area contributed by atoms with Crippen LogP contribution in [0.4, 0.5) is 10.5 Å². The van der Waals surface area contributed by atoms with Crippen LogP contribution in [0.3, 0.4) is 0 Å². The van der Waals surface area contributed by atoms with Crippen LogP contribution in [0.25, 0.3) is 0 Å². The maximum atomic E-state index is 12.4. The summed E-state index contributed by atoms with van der Waals surface area (Å²) in [6.45, 7) is 0. The fraction of sp³-hybridized carbons (Fsp3) is 0.412. The SMILES string of the molecule is COc1cc(OC)c(NC(=O)N[C@H]2CCC[C@H]2n2ccnc2)cc1Cl. The maximum Gasteiger partial charge on any atom is 0.319 e. The molecule has 1 saturated carbocycles. The molecule has 2 amide bonds. The van der Waals surface area contributed by atoms with E-state index in [0.717, 1.165) is 19.3 Å². The molecule has 7 nitrogen and oxygen atoms in total. The molecule has 1 aliphatic carbocycles. The number of amides is 2. The molecule has 8 heteroatoms. The highest BCUT2D eigenvalue weighted by Crippen LogP contribution is 2.36. The van der Waals surface area contributed by atoms with E-state index >= 15 is 0 Å². The predicted molar refractivity (Wildman–Crippen MR) is 95.6 cm³/mol. The normalized spacial score (nSPS) is 19.5. The monoisotopic (exact) mass is 364 g/mol. The summed E-state index contributed by atoms with van der Waals surface area (Å²) in [5.41, 5.74) is 0.489. The van der Waals surface area contributed by atoms with Crippen molar-refractivity contribution >= 4 is 23.3 Å². The summed E-state index contributed by atoms with van der Waals surface area (Å²) in [6.07, 6.45) is 8.46. The largest absolute Gasteiger partial charge is 0.495 e. The van der Waals surface area contributed by atoms with Crippen molar-refractivity contribution < 1.29 is 14.3 Å². The molecule has 0 aliphatic heterocycles. The minimum Gasteiger partial charge on any atom is -0.495 e. The summed E-state index contributed by atoms with van der Waals surface area (Å²) in [7, 11) is 3.05. The average molecular weight is 365 g/mol. The minimum atomic E-state index is -0.295. The van der Waals surface area contributed by atoms with Gasteiger partial charge in [0.2, 0.25) is 0 Å². The van der Waals surface area contributed by atoms with E-state index in [2.05, 4.69) is 15.6 Å². The van der Waals surface area contributed by atoms with Crippen molar-refractivity contribution in [3.63, 3.8) is 0 Å². The second-order valence-corrected chi connectivity index (χ2v) is 6.31. The molecule has 134 valence electrons. The third kappa shape index (κ3) is 3.82. The van der Waals surface area contributed by atoms with Gasteiger partial charge in [-0.25, -0.2) is 9.78 Å². The second-order valence-electron chi connectivity index (χ2n) is 5.90. The van der Waals surface area contributed by atoms with Crippen molar-refractivity contribution in [3.05, 3.63) is 35.9 Å². The molecule has 25 heavy (non-hydrogen) atoms. The number of hydrogen-bond donors (Lipinski definition) is 2. The molecule has 0 spiro atoms. The molecule has 0 bridgehead atoms. The third-order valence-electron chi connectivity index (χ3n) is 4.43. The van der Waals surface area contributed by atoms with E-state index in [1.54, 1.807) is 24.7 Å². The maximum absolute atomic E-state index is 12.4. The van der Waals surface area contributed by atoms with Gasteiger partial charge < -0.3 is 24.7 Å². The van der Waals surface area contributed by atoms with Crippen molar-refractivity contribution in [2.24, 2.45) is 0 Å². The van der Waals surface area contributed by atoms with Crippen LogP contribution < -0.4 is 20.1 Å². The fourth-order valence-electron chi connectivity index (χ4n) is 3.22. The van der Waals surface area contributed by atoms with Crippen LogP contribution >= 0.6 is 11.6 Å². The van der Waals surface area contributed by atoms with E-state index in [9.17, 15) is 4.79 Å². The van der Waals surface area contributed by atoms with Crippen molar-refractivity contribution in [3.8, 4) is 11.5 Å². The first-order valence-electron chi connectivity index (χ1n) is 8.09. The zero-order valence-corrected chi connectivity index (χ0v) is 14.9. The lowest BCUT2D eigenvalue weighted by molar-refractivity contribution is 0.245. The van der Waals surface area contributed by atoms with E-state index in [1.165, 1.54) is 14.2 Å². The third-order valence-corrected chi connectivity index (χ3v) is 4.72. The molecular weight excluding hydrogens is 344 g/mol. The summed E-state index contributed by atoms with van der Waals surface area (Å²) in [4.78, 5) is 16.5. The zero-order chi connectivity index (χ0) is 17.8. The van der Waals surface area contributed by atoms with Gasteiger partial charge in [-0.05, 0) is 25.3 Å². The number of imidazole rings is 1. The summed E-state index contributed by atoms with van der Waals surface area (Å²) in [6, 6.07) is 3.22. The number of aromatic nitrogens is 2. The first-order valence-corrected chi connectivity index (χ1v) is 8.46. The molecule has 1 aliphatic rings. The molecule has 0 radical (unpaired) electrons. The number of carbonyl (C=O) groups is 1. The van der Waals surface area contributed by atoms with Crippen LogP contribution in [0, 0.1) is 0 Å². The topological polar surface area (TPSA) is 77.4 Å². The van der Waals surface area contributed by atoms with Crippen LogP contribution in [-0.4, -0.2) is 35.8 Å². The molecule has 2 N–H and O–H groups in total. The van der Waals surface area contributed by atoms with E-state index < -0.39 is 0 Å². The second kappa shape index (κ2) is 7.65. The molecule has 3 rings (SSSR count). The van der Waals surface area contributed by atoms with E-state index in [1.807, 2.05) is 10.8 Å². The number of hydrogen-bond acceptors (Lipinski definition) is 4. The Labute approximate surface area is 151 Å². The van der Waals surface area contributed by atoms with Crippen LogP contribution in [0.2, 0.25) is 5.02 Å². The number of nitrogens with one attached hydrogen (secondary N) is 2. The van der Waals surface area contributed by atoms with Crippen LogP contribution in [0.1, 0.15) is 25.3 Å². The van der Waals surface area contributed by atoms with Gasteiger partial charge in [0, 0.05) is 18.5 Å². The van der Waals surface area contributed by atoms with Gasteiger partial charge >= 0.3 is 6.03 Å². The Morgan fingerprint density at radius 2 is 2.08 bits per heavy atom. The van der Waals surface area contributed by atoms with Crippen LogP contribution in [-0.2, 0) is 0 Å². The Bertz CT molecular complexity index is 736. The lowest BCUT2D eigenvalue weighted by Gasteiger charge is -2.22. The summed E-state index contributed by atoms with van der Waals surface area (Å²) < 4.78 is 12.5. The smallest absolute Gasteiger partial charge is 0.319 e. The molecule has 0 unspecified atom stereocenters. The number of urea groups is 1. The number of methoxy groups -OCH3 is 2. The Hall–Kier alpha value is -2.41. The van der Waals surface area contributed by atoms with Crippen molar-refractivity contribution in [2.75, 3.05) is 19.5 Å². The molecule has 1 aromatic heterocycles. The van der Waals surface area contributed by atoms with Gasteiger partial charge in [-0.2, -0.15) is 0 Å². The van der Waals surface area contributed by atoms with E-state index in [0.29, 0.717) is 22.2 Å². The highest BCUT2D eigenvalue weighted by atomic mass is 35.5. The van der Waals surface area contributed by atoms with E-state index in [4.69, 9.17) is 21.1 Å². The zero-order valence-electron chi connectivity index (χ0n) is 14.2. The number of benzene rings is 1. The first-order chi connectivity index (χ1) is 12.1. The molecule has 2 aromatic rings. The Balaban J connectivity index is 1.69. The first kappa shape index (κ1) is 17.4. The van der Waals surface area contributed by atoms with Gasteiger partial charge in [0.1, 0.15) is 11.5 Å². The molecule has 1 heterocycles. The van der Waals surface area contributed by atoms with Crippen LogP contribution in [0.15, 0.2) is 30.9 Å². The number of rotatable bonds is 5. The molecule has 1 aromatic carbocycles. The van der Waals surface area contributed by atoms with Crippen molar-refractivity contribution in [2.45, 2.75) is 31.3 Å². The lowest BCUT2D eigenvalue weighted by Crippen LogP contribution is -2.40. The predicted octanol–water partition coefficient (Wildman–Crippen LogP) is 3.47. The fourth-order valence-corrected chi connectivity index (χ4v) is 3.46. The van der Waals surface area contributed by atoms with Crippen molar-refractivity contribution in [1.82, 2.24) is 14.9 Å². The standard InChI is InChI=1S/C17H21ClN4O3/c1-24-15-9-16(25-2)13(8-11(15)18)21-17(23)20-12-4-3-5-14(12)22-7-6-19-10-22/h6-10,12,14H,3-5H2,1-2H3,(H2,20,21,23)/t12-,14+/m0/s1. The molecule has 2 atom stereocenters. The summed E-state index contributed by atoms with van der Waals surface area (Å²) in [5, 5.41) is 6.24. The highest BCUT2D eigenvalue weighted by molar-refractivity contribution is 6.32. The average Bonchev–Trinajstić information content (AvgIpc) is 3.26. The summed E-state index contributed by atoms with van der Waals surface area (Å²) in [5.74, 6) is 0.967. The molecule has 0 saturated heterocycles. The number of nitrogens with zero attached hydrogens (tertiary/aromatic N) is 2. The lowest BCUT2D eigenvalue weighted by atomic mass is 10.2. The van der Waals surface area contributed by atoms with Crippen molar-refractivity contribution in [1.29, 1.82) is 0 Å². The molecule has 1 fully saturated rings. The van der Waals surface area contributed by atoms with Gasteiger partial charge in [-0.3, -0.25) is 0 Å². The minimum absolute atomic E-state index is 0.0499. The number of ether oxygens (including phenoxy) is 2. The Morgan fingerprint density at radius 1 is 1.28 bits per heavy atom. The van der Waals surface area contributed by atoms with Gasteiger partial charge in [-0.15, -0.1) is 0 Å². The number of halogens is 1. The highest BCUT2D eigenvalue weighted by Gasteiger charge is 2.29. The summed E-state index contributed by atoms with van der Waals surface area (Å²) >= 11 is 6.14. The quantitative estimate of drug-likeness (QED) is 0.851.